The van der Waals surface area contributed by atoms with E-state index >= 15 is 0 Å². The first kappa shape index (κ1) is 15.3. The predicted octanol–water partition coefficient (Wildman–Crippen LogP) is 3.36. The summed E-state index contributed by atoms with van der Waals surface area (Å²) in [7, 11) is 1.55. The second kappa shape index (κ2) is 7.07. The van der Waals surface area contributed by atoms with Gasteiger partial charge in [-0.15, -0.1) is 0 Å². The van der Waals surface area contributed by atoms with Crippen LogP contribution in [0.15, 0.2) is 24.8 Å². The standard InChI is InChI=1S/C10H14.C7H12O3/c1-2-9-7-4-5-8(6-7)10(9)3-1;1-4-7(8)10-6(2)5-9-3/h1-2,7-10H,3-6H2;4,6H,1,5H2,2-3H3. The van der Waals surface area contributed by atoms with Crippen LogP contribution < -0.4 is 0 Å². The number of rotatable bonds is 4. The molecule has 3 aliphatic carbocycles. The molecule has 2 fully saturated rings. The summed E-state index contributed by atoms with van der Waals surface area (Å²) in [6.45, 7) is 5.43. The van der Waals surface area contributed by atoms with Gasteiger partial charge >= 0.3 is 5.97 Å². The van der Waals surface area contributed by atoms with Crippen molar-refractivity contribution in [1.82, 2.24) is 0 Å². The third kappa shape index (κ3) is 3.51. The van der Waals surface area contributed by atoms with Crippen LogP contribution in [0, 0.1) is 23.7 Å². The molecule has 112 valence electrons. The zero-order valence-electron chi connectivity index (χ0n) is 12.6. The van der Waals surface area contributed by atoms with Crippen molar-refractivity contribution in [1.29, 1.82) is 0 Å². The molecule has 0 aromatic carbocycles. The van der Waals surface area contributed by atoms with Gasteiger partial charge in [-0.25, -0.2) is 4.79 Å². The molecule has 0 heterocycles. The van der Waals surface area contributed by atoms with Crippen molar-refractivity contribution >= 4 is 5.97 Å². The molecule has 3 aliphatic rings. The van der Waals surface area contributed by atoms with Crippen LogP contribution in [0.2, 0.25) is 0 Å². The maximum absolute atomic E-state index is 10.5. The van der Waals surface area contributed by atoms with Gasteiger partial charge in [0.15, 0.2) is 0 Å². The number of esters is 1. The van der Waals surface area contributed by atoms with Crippen LogP contribution in [0.3, 0.4) is 0 Å². The van der Waals surface area contributed by atoms with E-state index in [0.29, 0.717) is 6.61 Å². The maximum atomic E-state index is 10.5. The Morgan fingerprint density at radius 2 is 2.20 bits per heavy atom. The fourth-order valence-electron chi connectivity index (χ4n) is 4.01. The van der Waals surface area contributed by atoms with E-state index in [2.05, 4.69) is 18.7 Å². The van der Waals surface area contributed by atoms with Gasteiger partial charge in [-0.1, -0.05) is 18.7 Å². The van der Waals surface area contributed by atoms with Crippen LogP contribution in [0.25, 0.3) is 0 Å². The van der Waals surface area contributed by atoms with E-state index in [1.54, 1.807) is 26.9 Å². The summed E-state index contributed by atoms with van der Waals surface area (Å²) in [5, 5.41) is 0. The Bertz CT molecular complexity index is 374. The first-order valence-electron chi connectivity index (χ1n) is 7.64. The molecule has 2 saturated carbocycles. The number of ether oxygens (including phenoxy) is 2. The van der Waals surface area contributed by atoms with Crippen molar-refractivity contribution in [2.45, 2.75) is 38.7 Å². The highest BCUT2D eigenvalue weighted by molar-refractivity contribution is 5.81. The topological polar surface area (TPSA) is 35.5 Å². The van der Waals surface area contributed by atoms with Crippen LogP contribution in [0.1, 0.15) is 32.6 Å². The van der Waals surface area contributed by atoms with Gasteiger partial charge in [0.1, 0.15) is 6.10 Å². The number of carbonyl (C=O) groups is 1. The van der Waals surface area contributed by atoms with Gasteiger partial charge in [-0.05, 0) is 56.3 Å². The molecule has 0 radical (unpaired) electrons. The van der Waals surface area contributed by atoms with Gasteiger partial charge in [0.25, 0.3) is 0 Å². The Kier molecular flexibility index (Phi) is 5.41. The molecule has 5 atom stereocenters. The van der Waals surface area contributed by atoms with Crippen molar-refractivity contribution in [3.05, 3.63) is 24.8 Å². The monoisotopic (exact) mass is 278 g/mol. The Balaban J connectivity index is 0.000000147. The first-order chi connectivity index (χ1) is 9.65. The summed E-state index contributed by atoms with van der Waals surface area (Å²) < 4.78 is 9.50. The summed E-state index contributed by atoms with van der Waals surface area (Å²) in [5.74, 6) is 3.95. The van der Waals surface area contributed by atoms with Crippen molar-refractivity contribution in [3.8, 4) is 0 Å². The maximum Gasteiger partial charge on any atom is 0.330 e. The van der Waals surface area contributed by atoms with Gasteiger partial charge in [0.2, 0.25) is 0 Å². The molecular weight excluding hydrogens is 252 g/mol. The van der Waals surface area contributed by atoms with E-state index in [1.165, 1.54) is 12.8 Å². The molecule has 0 aromatic rings. The second-order valence-electron chi connectivity index (χ2n) is 6.15. The molecule has 0 spiro atoms. The molecule has 3 nitrogen and oxygen atoms in total. The van der Waals surface area contributed by atoms with E-state index in [1.807, 2.05) is 0 Å². The lowest BCUT2D eigenvalue weighted by molar-refractivity contribution is -0.144. The Labute approximate surface area is 122 Å². The highest BCUT2D eigenvalue weighted by atomic mass is 16.6. The van der Waals surface area contributed by atoms with Crippen LogP contribution in [-0.2, 0) is 14.3 Å². The summed E-state index contributed by atoms with van der Waals surface area (Å²) >= 11 is 0. The first-order valence-corrected chi connectivity index (χ1v) is 7.64. The smallest absolute Gasteiger partial charge is 0.330 e. The number of hydrogen-bond donors (Lipinski definition) is 0. The van der Waals surface area contributed by atoms with Gasteiger partial charge < -0.3 is 9.47 Å². The quantitative estimate of drug-likeness (QED) is 0.449. The van der Waals surface area contributed by atoms with Crippen molar-refractivity contribution in [2.75, 3.05) is 13.7 Å². The third-order valence-corrected chi connectivity index (χ3v) is 4.81. The van der Waals surface area contributed by atoms with Gasteiger partial charge in [-0.2, -0.15) is 0 Å². The molecular formula is C17H26O3. The summed E-state index contributed by atoms with van der Waals surface area (Å²) in [5.41, 5.74) is 0. The van der Waals surface area contributed by atoms with E-state index in [9.17, 15) is 4.79 Å². The fraction of sp³-hybridized carbons (Fsp3) is 0.706. The Hall–Kier alpha value is -1.09. The molecule has 0 aromatic heterocycles. The summed E-state index contributed by atoms with van der Waals surface area (Å²) in [6, 6.07) is 0. The van der Waals surface area contributed by atoms with Crippen LogP contribution in [0.4, 0.5) is 0 Å². The average molecular weight is 278 g/mol. The average Bonchev–Trinajstić information content (AvgIpc) is 3.13. The molecule has 0 N–H and O–H groups in total. The van der Waals surface area contributed by atoms with Gasteiger partial charge in [0, 0.05) is 13.2 Å². The lowest BCUT2D eigenvalue weighted by Crippen LogP contribution is -2.17. The minimum Gasteiger partial charge on any atom is -0.457 e. The molecule has 5 unspecified atom stereocenters. The minimum atomic E-state index is -0.412. The van der Waals surface area contributed by atoms with E-state index in [4.69, 9.17) is 9.47 Å². The third-order valence-electron chi connectivity index (χ3n) is 4.81. The van der Waals surface area contributed by atoms with Crippen LogP contribution in [-0.4, -0.2) is 25.8 Å². The lowest BCUT2D eigenvalue weighted by Gasteiger charge is -2.23. The molecule has 0 amide bonds. The normalized spacial score (nSPS) is 34.1. The highest BCUT2D eigenvalue weighted by Crippen LogP contribution is 2.56. The number of methoxy groups -OCH3 is 1. The Morgan fingerprint density at radius 1 is 1.45 bits per heavy atom. The highest BCUT2D eigenvalue weighted by Gasteiger charge is 2.47. The summed E-state index contributed by atoms with van der Waals surface area (Å²) in [6.07, 6.45) is 11.9. The molecule has 20 heavy (non-hydrogen) atoms. The second-order valence-corrected chi connectivity index (χ2v) is 6.15. The van der Waals surface area contributed by atoms with Crippen LogP contribution >= 0.6 is 0 Å². The molecule has 2 bridgehead atoms. The van der Waals surface area contributed by atoms with Gasteiger partial charge in [-0.3, -0.25) is 0 Å². The zero-order chi connectivity index (χ0) is 14.5. The summed E-state index contributed by atoms with van der Waals surface area (Å²) in [4.78, 5) is 10.5. The Morgan fingerprint density at radius 3 is 2.85 bits per heavy atom. The van der Waals surface area contributed by atoms with Crippen molar-refractivity contribution < 1.29 is 14.3 Å². The van der Waals surface area contributed by atoms with Crippen molar-refractivity contribution in [3.63, 3.8) is 0 Å². The number of fused-ring (bicyclic) bond motifs is 5. The fourth-order valence-corrected chi connectivity index (χ4v) is 4.01. The number of carbonyl (C=O) groups excluding carboxylic acids is 1. The number of hydrogen-bond acceptors (Lipinski definition) is 3. The molecule has 3 rings (SSSR count). The number of allylic oxidation sites excluding steroid dienone is 2. The lowest BCUT2D eigenvalue weighted by atomic mass is 9.82. The minimum absolute atomic E-state index is 0.199. The van der Waals surface area contributed by atoms with Gasteiger partial charge in [0.05, 0.1) is 6.61 Å². The van der Waals surface area contributed by atoms with Crippen LogP contribution in [0.5, 0.6) is 0 Å². The molecule has 0 aliphatic heterocycles. The zero-order valence-corrected chi connectivity index (χ0v) is 12.6. The predicted molar refractivity (Wildman–Crippen MR) is 79.2 cm³/mol. The van der Waals surface area contributed by atoms with E-state index in [-0.39, 0.29) is 6.10 Å². The van der Waals surface area contributed by atoms with Crippen molar-refractivity contribution in [2.24, 2.45) is 23.7 Å². The molecule has 3 heteroatoms. The largest absolute Gasteiger partial charge is 0.457 e. The molecule has 0 saturated heterocycles. The van der Waals surface area contributed by atoms with E-state index < -0.39 is 5.97 Å². The van der Waals surface area contributed by atoms with E-state index in [0.717, 1.165) is 29.7 Å². The SMILES string of the molecule is C1=CC2C3CCC(C3)C2C1.C=CC(=O)OC(C)COC.